The molecule has 0 saturated carbocycles. The first-order chi connectivity index (χ1) is 19.6. The molecule has 3 aromatic carbocycles. The number of halogens is 1. The molecule has 0 aliphatic carbocycles. The minimum absolute atomic E-state index is 0.0245. The van der Waals surface area contributed by atoms with Gasteiger partial charge in [-0.2, -0.15) is 0 Å². The van der Waals surface area contributed by atoms with Crippen LogP contribution in [0.2, 0.25) is 5.02 Å². The largest absolute Gasteiger partial charge is 0.352 e. The zero-order valence-electron chi connectivity index (χ0n) is 23.1. The van der Waals surface area contributed by atoms with Crippen LogP contribution in [-0.4, -0.2) is 54.0 Å². The van der Waals surface area contributed by atoms with Crippen LogP contribution < -0.4 is 5.32 Å². The fourth-order valence-corrected chi connectivity index (χ4v) is 6.62. The maximum Gasteiger partial charge on any atom is 0.269 e. The average molecular weight is 596 g/mol. The van der Waals surface area contributed by atoms with Crippen LogP contribution in [0.5, 0.6) is 0 Å². The molecule has 1 heterocycles. The molecule has 0 spiro atoms. The molecule has 2 atom stereocenters. The van der Waals surface area contributed by atoms with Crippen molar-refractivity contribution in [2.45, 2.75) is 63.1 Å². The van der Waals surface area contributed by atoms with Crippen molar-refractivity contribution in [1.82, 2.24) is 14.5 Å². The monoisotopic (exact) mass is 595 g/mol. The second-order valence-electron chi connectivity index (χ2n) is 10.2. The summed E-state index contributed by atoms with van der Waals surface area (Å²) in [5, 5.41) is 3.53. The van der Waals surface area contributed by atoms with Gasteiger partial charge in [-0.1, -0.05) is 73.1 Å². The van der Waals surface area contributed by atoms with Gasteiger partial charge in [0.2, 0.25) is 11.8 Å². The fraction of sp³-hybridized carbons (Fsp3) is 0.323. The molecule has 1 aliphatic rings. The van der Waals surface area contributed by atoms with Crippen molar-refractivity contribution in [1.29, 1.82) is 0 Å². The molecule has 0 aromatic heterocycles. The second-order valence-corrected chi connectivity index (χ2v) is 12.4. The summed E-state index contributed by atoms with van der Waals surface area (Å²) in [4.78, 5) is 41.7. The number of carbonyl (C=O) groups excluding carboxylic acids is 3. The van der Waals surface area contributed by atoms with Crippen LogP contribution in [0.25, 0.3) is 0 Å². The highest BCUT2D eigenvalue weighted by Gasteiger charge is 2.40. The molecule has 0 bridgehead atoms. The normalized spacial score (nSPS) is 15.2. The third kappa shape index (κ3) is 7.15. The van der Waals surface area contributed by atoms with E-state index in [0.717, 1.165) is 21.9 Å². The highest BCUT2D eigenvalue weighted by Crippen LogP contribution is 2.30. The molecule has 1 N–H and O–H groups in total. The van der Waals surface area contributed by atoms with Gasteiger partial charge in [-0.05, 0) is 55.2 Å². The van der Waals surface area contributed by atoms with Crippen molar-refractivity contribution in [2.24, 2.45) is 0 Å². The van der Waals surface area contributed by atoms with E-state index in [1.165, 1.54) is 17.0 Å². The van der Waals surface area contributed by atoms with Crippen LogP contribution in [0.1, 0.15) is 54.6 Å². The predicted octanol–water partition coefficient (Wildman–Crippen LogP) is 4.82. The van der Waals surface area contributed by atoms with Gasteiger partial charge >= 0.3 is 0 Å². The molecule has 10 heteroatoms. The minimum atomic E-state index is -3.97. The summed E-state index contributed by atoms with van der Waals surface area (Å²) in [6, 6.07) is 21.8. The number of carbonyl (C=O) groups is 3. The number of rotatable bonds is 12. The van der Waals surface area contributed by atoms with Gasteiger partial charge in [0, 0.05) is 37.0 Å². The molecule has 8 nitrogen and oxygen atoms in total. The van der Waals surface area contributed by atoms with E-state index in [2.05, 4.69) is 5.32 Å². The Hall–Kier alpha value is -3.69. The molecular formula is C31H34ClN3O5S. The van der Waals surface area contributed by atoms with E-state index in [1.807, 2.05) is 50.2 Å². The summed E-state index contributed by atoms with van der Waals surface area (Å²) in [7, 11) is -3.97. The smallest absolute Gasteiger partial charge is 0.269 e. The van der Waals surface area contributed by atoms with E-state index >= 15 is 0 Å². The van der Waals surface area contributed by atoms with Crippen molar-refractivity contribution in [2.75, 3.05) is 6.54 Å². The van der Waals surface area contributed by atoms with Crippen LogP contribution in [0.15, 0.2) is 83.8 Å². The molecule has 0 unspecified atom stereocenters. The number of hydrogen-bond donors (Lipinski definition) is 1. The van der Waals surface area contributed by atoms with Crippen LogP contribution >= 0.6 is 11.6 Å². The number of nitrogens with one attached hydrogen (secondary N) is 1. The summed E-state index contributed by atoms with van der Waals surface area (Å²) < 4.78 is 26.7. The lowest BCUT2D eigenvalue weighted by Gasteiger charge is -2.32. The molecule has 0 saturated heterocycles. The highest BCUT2D eigenvalue weighted by molar-refractivity contribution is 7.90. The molecular weight excluding hydrogens is 562 g/mol. The SMILES string of the molecule is CC[C@@H](C)NC(=O)[C@@H](Cc1ccccc1)N(Cc1cccc(Cl)c1)C(=O)CCCN1C(=O)c2ccccc2S1(=O)=O. The Kier molecular flexibility index (Phi) is 9.83. The van der Waals surface area contributed by atoms with E-state index in [-0.39, 0.29) is 54.2 Å². The van der Waals surface area contributed by atoms with Gasteiger partial charge in [0.05, 0.1) is 5.56 Å². The Morgan fingerprint density at radius 1 is 0.976 bits per heavy atom. The highest BCUT2D eigenvalue weighted by atomic mass is 35.5. The Labute approximate surface area is 246 Å². The van der Waals surface area contributed by atoms with Crippen LogP contribution in [0.3, 0.4) is 0 Å². The summed E-state index contributed by atoms with van der Waals surface area (Å²) in [5.74, 6) is -1.20. The van der Waals surface area contributed by atoms with Crippen molar-refractivity contribution >= 4 is 39.3 Å². The summed E-state index contributed by atoms with van der Waals surface area (Å²) in [6.07, 6.45) is 1.07. The van der Waals surface area contributed by atoms with E-state index in [4.69, 9.17) is 11.6 Å². The summed E-state index contributed by atoms with van der Waals surface area (Å²) >= 11 is 6.23. The Bertz CT molecular complexity index is 1510. The van der Waals surface area contributed by atoms with Crippen molar-refractivity contribution in [3.8, 4) is 0 Å². The van der Waals surface area contributed by atoms with Gasteiger partial charge in [0.15, 0.2) is 0 Å². The van der Waals surface area contributed by atoms with Gasteiger partial charge < -0.3 is 10.2 Å². The number of nitrogens with zero attached hydrogens (tertiary/aromatic N) is 2. The van der Waals surface area contributed by atoms with Crippen molar-refractivity contribution < 1.29 is 22.8 Å². The molecule has 0 fully saturated rings. The molecule has 1 aliphatic heterocycles. The van der Waals surface area contributed by atoms with Crippen molar-refractivity contribution in [3.05, 3.63) is 101 Å². The van der Waals surface area contributed by atoms with Gasteiger partial charge in [0.1, 0.15) is 10.9 Å². The first-order valence-corrected chi connectivity index (χ1v) is 15.5. The van der Waals surface area contributed by atoms with Crippen LogP contribution in [0, 0.1) is 0 Å². The van der Waals surface area contributed by atoms with Gasteiger partial charge in [-0.15, -0.1) is 0 Å². The predicted molar refractivity (Wildman–Crippen MR) is 158 cm³/mol. The quantitative estimate of drug-likeness (QED) is 0.323. The summed E-state index contributed by atoms with van der Waals surface area (Å²) in [5.41, 5.74) is 1.78. The Morgan fingerprint density at radius 2 is 1.66 bits per heavy atom. The Morgan fingerprint density at radius 3 is 2.34 bits per heavy atom. The van der Waals surface area contributed by atoms with E-state index in [9.17, 15) is 22.8 Å². The van der Waals surface area contributed by atoms with Crippen molar-refractivity contribution in [3.63, 3.8) is 0 Å². The van der Waals surface area contributed by atoms with E-state index < -0.39 is 22.0 Å². The lowest BCUT2D eigenvalue weighted by molar-refractivity contribution is -0.141. The zero-order valence-corrected chi connectivity index (χ0v) is 24.7. The molecule has 3 aromatic rings. The lowest BCUT2D eigenvalue weighted by Crippen LogP contribution is -2.52. The lowest BCUT2D eigenvalue weighted by atomic mass is 10.0. The molecule has 0 radical (unpaired) electrons. The number of amides is 3. The van der Waals surface area contributed by atoms with Gasteiger partial charge in [-0.3, -0.25) is 14.4 Å². The number of sulfonamides is 1. The molecule has 216 valence electrons. The third-order valence-corrected chi connectivity index (χ3v) is 9.25. The Balaban J connectivity index is 1.57. The maximum atomic E-state index is 13.8. The number of hydrogen-bond acceptors (Lipinski definition) is 5. The number of fused-ring (bicyclic) bond motifs is 1. The van der Waals surface area contributed by atoms with Crippen LogP contribution in [0.4, 0.5) is 0 Å². The molecule has 4 rings (SSSR count). The van der Waals surface area contributed by atoms with Gasteiger partial charge in [0.25, 0.3) is 15.9 Å². The van der Waals surface area contributed by atoms with E-state index in [0.29, 0.717) is 11.4 Å². The molecule has 3 amide bonds. The zero-order chi connectivity index (χ0) is 29.6. The second kappa shape index (κ2) is 13.3. The average Bonchev–Trinajstić information content (AvgIpc) is 3.15. The first kappa shape index (κ1) is 30.3. The fourth-order valence-electron chi connectivity index (χ4n) is 4.80. The molecule has 41 heavy (non-hydrogen) atoms. The van der Waals surface area contributed by atoms with E-state index in [1.54, 1.807) is 30.3 Å². The third-order valence-electron chi connectivity index (χ3n) is 7.18. The first-order valence-electron chi connectivity index (χ1n) is 13.7. The maximum absolute atomic E-state index is 13.8. The van der Waals surface area contributed by atoms with Gasteiger partial charge in [-0.25, -0.2) is 12.7 Å². The summed E-state index contributed by atoms with van der Waals surface area (Å²) in [6.45, 7) is 3.87. The topological polar surface area (TPSA) is 104 Å². The number of benzene rings is 3. The standard InChI is InChI=1S/C31H34ClN3O5S/c1-3-22(2)33-30(37)27(20-23-11-5-4-6-12-23)34(21-24-13-9-14-25(32)19-24)29(36)17-10-18-35-31(38)26-15-7-8-16-28(26)41(35,39)40/h4-9,11-16,19,22,27H,3,10,17-18,20-21H2,1-2H3,(H,33,37)/t22-,27-/m1/s1. The van der Waals surface area contributed by atoms with Crippen LogP contribution in [-0.2, 0) is 32.6 Å². The minimum Gasteiger partial charge on any atom is -0.352 e.